The number of hydrogen-bond acceptors (Lipinski definition) is 6. The first-order valence-corrected chi connectivity index (χ1v) is 14.3. The molecule has 8 heteroatoms. The van der Waals surface area contributed by atoms with E-state index in [0.717, 1.165) is 35.0 Å². The lowest BCUT2D eigenvalue weighted by Gasteiger charge is -2.31. The van der Waals surface area contributed by atoms with E-state index in [9.17, 15) is 4.79 Å². The van der Waals surface area contributed by atoms with Gasteiger partial charge in [-0.3, -0.25) is 9.69 Å². The second-order valence-corrected chi connectivity index (χ2v) is 11.0. The van der Waals surface area contributed by atoms with Crippen LogP contribution < -0.4 is 5.56 Å². The van der Waals surface area contributed by atoms with E-state index in [4.69, 9.17) is 0 Å². The van der Waals surface area contributed by atoms with E-state index < -0.39 is 6.04 Å². The summed E-state index contributed by atoms with van der Waals surface area (Å²) in [6.45, 7) is 3.92. The summed E-state index contributed by atoms with van der Waals surface area (Å²) in [5, 5.41) is 16.1. The van der Waals surface area contributed by atoms with E-state index >= 15 is 0 Å². The zero-order valence-electron chi connectivity index (χ0n) is 22.3. The SMILES string of the molecule is Cc1ccc2cc([C@H](c3nnnn3Cc3ccccc3)N(CCc3ccccc3)Cc3cccs3)c(=O)[nH]c2c1. The van der Waals surface area contributed by atoms with E-state index in [0.29, 0.717) is 24.5 Å². The summed E-state index contributed by atoms with van der Waals surface area (Å²) in [4.78, 5) is 20.5. The van der Waals surface area contributed by atoms with Crippen LogP contribution in [-0.2, 0) is 19.5 Å². The Bertz CT molecular complexity index is 1750. The van der Waals surface area contributed by atoms with E-state index in [1.165, 1.54) is 10.4 Å². The first kappa shape index (κ1) is 25.9. The number of pyridine rings is 1. The van der Waals surface area contributed by atoms with Gasteiger partial charge in [0.15, 0.2) is 5.82 Å². The molecule has 7 nitrogen and oxygen atoms in total. The Labute approximate surface area is 236 Å². The van der Waals surface area contributed by atoms with Crippen LogP contribution in [-0.4, -0.2) is 36.6 Å². The average Bonchev–Trinajstić information content (AvgIpc) is 3.66. The second kappa shape index (κ2) is 11.8. The number of tetrazole rings is 1. The number of fused-ring (bicyclic) bond motifs is 1. The number of hydrogen-bond donors (Lipinski definition) is 1. The molecule has 0 aliphatic heterocycles. The lowest BCUT2D eigenvalue weighted by Crippen LogP contribution is -2.36. The molecule has 0 radical (unpaired) electrons. The fourth-order valence-corrected chi connectivity index (χ4v) is 5.86. The van der Waals surface area contributed by atoms with E-state index in [-0.39, 0.29) is 5.56 Å². The Kier molecular flexibility index (Phi) is 7.61. The number of aromatic nitrogens is 5. The van der Waals surface area contributed by atoms with Gasteiger partial charge in [-0.25, -0.2) is 4.68 Å². The molecule has 40 heavy (non-hydrogen) atoms. The molecule has 6 aromatic rings. The third-order valence-corrected chi connectivity index (χ3v) is 8.00. The lowest BCUT2D eigenvalue weighted by atomic mass is 10.0. The first-order valence-electron chi connectivity index (χ1n) is 13.4. The summed E-state index contributed by atoms with van der Waals surface area (Å²) in [5.41, 5.74) is 4.75. The van der Waals surface area contributed by atoms with Gasteiger partial charge in [0.05, 0.1) is 6.54 Å². The largest absolute Gasteiger partial charge is 0.322 e. The van der Waals surface area contributed by atoms with Gasteiger partial charge in [0.2, 0.25) is 0 Å². The third kappa shape index (κ3) is 5.78. The molecule has 0 aliphatic carbocycles. The molecule has 0 bridgehead atoms. The first-order chi connectivity index (χ1) is 19.6. The van der Waals surface area contributed by atoms with Gasteiger partial charge in [-0.05, 0) is 69.4 Å². The highest BCUT2D eigenvalue weighted by Gasteiger charge is 2.31. The maximum absolute atomic E-state index is 13.8. The van der Waals surface area contributed by atoms with Crippen LogP contribution in [0.15, 0.2) is 107 Å². The highest BCUT2D eigenvalue weighted by molar-refractivity contribution is 7.09. The molecule has 0 amide bonds. The molecule has 200 valence electrons. The fourth-order valence-electron chi connectivity index (χ4n) is 5.13. The maximum Gasteiger partial charge on any atom is 0.253 e. The molecule has 1 N–H and O–H groups in total. The molecule has 0 saturated heterocycles. The van der Waals surface area contributed by atoms with Crippen molar-refractivity contribution in [3.05, 3.63) is 146 Å². The average molecular weight is 547 g/mol. The number of benzene rings is 3. The van der Waals surface area contributed by atoms with Crippen molar-refractivity contribution in [3.8, 4) is 0 Å². The van der Waals surface area contributed by atoms with Crippen molar-refractivity contribution in [1.29, 1.82) is 0 Å². The Morgan fingerprint density at radius 3 is 2.45 bits per heavy atom. The van der Waals surface area contributed by atoms with Crippen LogP contribution in [0.5, 0.6) is 0 Å². The van der Waals surface area contributed by atoms with Crippen molar-refractivity contribution in [1.82, 2.24) is 30.1 Å². The molecule has 0 fully saturated rings. The van der Waals surface area contributed by atoms with Gasteiger partial charge in [0.1, 0.15) is 6.04 Å². The van der Waals surface area contributed by atoms with E-state index in [2.05, 4.69) is 91.5 Å². The van der Waals surface area contributed by atoms with Crippen molar-refractivity contribution >= 4 is 22.2 Å². The number of rotatable bonds is 10. The topological polar surface area (TPSA) is 79.7 Å². The van der Waals surface area contributed by atoms with Gasteiger partial charge < -0.3 is 4.98 Å². The van der Waals surface area contributed by atoms with Crippen LogP contribution in [0, 0.1) is 6.92 Å². The van der Waals surface area contributed by atoms with Crippen molar-refractivity contribution in [3.63, 3.8) is 0 Å². The molecule has 0 unspecified atom stereocenters. The molecule has 1 atom stereocenters. The Balaban J connectivity index is 1.48. The number of nitrogens with zero attached hydrogens (tertiary/aromatic N) is 5. The van der Waals surface area contributed by atoms with Crippen molar-refractivity contribution < 1.29 is 0 Å². The molecule has 3 aromatic heterocycles. The van der Waals surface area contributed by atoms with Gasteiger partial charge in [0, 0.05) is 29.0 Å². The molecule has 3 aromatic carbocycles. The number of aromatic amines is 1. The van der Waals surface area contributed by atoms with Crippen molar-refractivity contribution in [2.24, 2.45) is 0 Å². The Hall–Kier alpha value is -4.40. The summed E-state index contributed by atoms with van der Waals surface area (Å²) in [6.07, 6.45) is 0.827. The molecule has 0 saturated carbocycles. The summed E-state index contributed by atoms with van der Waals surface area (Å²) >= 11 is 1.71. The summed E-state index contributed by atoms with van der Waals surface area (Å²) in [7, 11) is 0. The van der Waals surface area contributed by atoms with Gasteiger partial charge in [0.25, 0.3) is 5.56 Å². The molecule has 3 heterocycles. The third-order valence-electron chi connectivity index (χ3n) is 7.14. The molecule has 0 spiro atoms. The van der Waals surface area contributed by atoms with Crippen molar-refractivity contribution in [2.75, 3.05) is 6.54 Å². The highest BCUT2D eigenvalue weighted by Crippen LogP contribution is 2.30. The van der Waals surface area contributed by atoms with Crippen LogP contribution in [0.3, 0.4) is 0 Å². The predicted molar refractivity (Wildman–Crippen MR) is 159 cm³/mol. The monoisotopic (exact) mass is 546 g/mol. The number of H-pyrrole nitrogens is 1. The van der Waals surface area contributed by atoms with Crippen LogP contribution in [0.1, 0.15) is 39.0 Å². The van der Waals surface area contributed by atoms with E-state index in [1.54, 1.807) is 11.3 Å². The summed E-state index contributed by atoms with van der Waals surface area (Å²) in [6, 6.07) is 32.5. The predicted octanol–water partition coefficient (Wildman–Crippen LogP) is 5.77. The Morgan fingerprint density at radius 2 is 1.70 bits per heavy atom. The number of thiophene rings is 1. The minimum atomic E-state index is -0.459. The maximum atomic E-state index is 13.8. The van der Waals surface area contributed by atoms with Gasteiger partial charge in [-0.1, -0.05) is 78.9 Å². The number of nitrogens with one attached hydrogen (secondary N) is 1. The van der Waals surface area contributed by atoms with Crippen LogP contribution in [0.2, 0.25) is 0 Å². The lowest BCUT2D eigenvalue weighted by molar-refractivity contribution is 0.207. The van der Waals surface area contributed by atoms with Crippen molar-refractivity contribution in [2.45, 2.75) is 32.5 Å². The smallest absolute Gasteiger partial charge is 0.253 e. The molecule has 6 rings (SSSR count). The molecule has 0 aliphatic rings. The fraction of sp³-hybridized carbons (Fsp3) is 0.188. The van der Waals surface area contributed by atoms with Gasteiger partial charge >= 0.3 is 0 Å². The minimum absolute atomic E-state index is 0.131. The zero-order valence-corrected chi connectivity index (χ0v) is 23.1. The minimum Gasteiger partial charge on any atom is -0.322 e. The van der Waals surface area contributed by atoms with E-state index in [1.807, 2.05) is 48.0 Å². The zero-order chi connectivity index (χ0) is 27.3. The number of aryl methyl sites for hydroxylation is 1. The summed E-state index contributed by atoms with van der Waals surface area (Å²) in [5.74, 6) is 0.644. The Morgan fingerprint density at radius 1 is 0.925 bits per heavy atom. The molecular weight excluding hydrogens is 516 g/mol. The van der Waals surface area contributed by atoms with Gasteiger partial charge in [-0.15, -0.1) is 16.4 Å². The second-order valence-electron chi connectivity index (χ2n) is 10.0. The van der Waals surface area contributed by atoms with Gasteiger partial charge in [-0.2, -0.15) is 0 Å². The highest BCUT2D eigenvalue weighted by atomic mass is 32.1. The van der Waals surface area contributed by atoms with Crippen LogP contribution in [0.25, 0.3) is 10.9 Å². The summed E-state index contributed by atoms with van der Waals surface area (Å²) < 4.78 is 1.82. The van der Waals surface area contributed by atoms with Crippen LogP contribution in [0.4, 0.5) is 0 Å². The normalized spacial score (nSPS) is 12.2. The van der Waals surface area contributed by atoms with Crippen LogP contribution >= 0.6 is 11.3 Å². The molecular formula is C32H30N6OS. The standard InChI is InChI=1S/C32H30N6OS/c1-23-14-15-26-20-28(32(39)33-29(26)19-23)30(31-34-35-36-38(31)21-25-11-6-3-7-12-25)37(22-27-13-8-18-40-27)17-16-24-9-4-2-5-10-24/h2-15,18-20,30H,16-17,21-22H2,1H3,(H,33,39)/t30-/m1/s1. The quantitative estimate of drug-likeness (QED) is 0.236.